The quantitative estimate of drug-likeness (QED) is 0.916. The zero-order chi connectivity index (χ0) is 13.9. The van der Waals surface area contributed by atoms with E-state index in [2.05, 4.69) is 10.2 Å². The van der Waals surface area contributed by atoms with Crippen LogP contribution in [0.15, 0.2) is 24.3 Å². The molecular formula is C16H21FN2O. The average Bonchev–Trinajstić information content (AvgIpc) is 3.27. The van der Waals surface area contributed by atoms with Gasteiger partial charge in [-0.3, -0.25) is 4.79 Å². The largest absolute Gasteiger partial charge is 0.326 e. The zero-order valence-electron chi connectivity index (χ0n) is 11.6. The number of hydrogen-bond acceptors (Lipinski definition) is 2. The highest BCUT2D eigenvalue weighted by molar-refractivity contribution is 5.90. The van der Waals surface area contributed by atoms with Gasteiger partial charge in [-0.15, -0.1) is 0 Å². The molecule has 3 nitrogen and oxygen atoms in total. The third-order valence-corrected chi connectivity index (χ3v) is 4.31. The molecular weight excluding hydrogens is 255 g/mol. The van der Waals surface area contributed by atoms with Crippen LogP contribution < -0.4 is 5.32 Å². The van der Waals surface area contributed by atoms with Gasteiger partial charge in [0.15, 0.2) is 0 Å². The molecule has 1 heterocycles. The Morgan fingerprint density at radius 2 is 1.80 bits per heavy atom. The van der Waals surface area contributed by atoms with Crippen LogP contribution in [-0.2, 0) is 4.79 Å². The number of halogens is 1. The number of piperidine rings is 1. The fraction of sp³-hybridized carbons (Fsp3) is 0.562. The van der Waals surface area contributed by atoms with Crippen molar-refractivity contribution in [2.45, 2.75) is 38.1 Å². The molecule has 0 atom stereocenters. The number of benzene rings is 1. The third kappa shape index (κ3) is 3.57. The monoisotopic (exact) mass is 276 g/mol. The number of nitrogens with zero attached hydrogens (tertiary/aromatic N) is 1. The number of nitrogens with one attached hydrogen (secondary N) is 1. The first-order valence-electron chi connectivity index (χ1n) is 7.50. The van der Waals surface area contributed by atoms with Crippen LogP contribution in [0.4, 0.5) is 10.1 Å². The molecule has 3 rings (SSSR count). The minimum Gasteiger partial charge on any atom is -0.326 e. The van der Waals surface area contributed by atoms with Crippen molar-refractivity contribution in [3.05, 3.63) is 30.1 Å². The van der Waals surface area contributed by atoms with Crippen LogP contribution in [0.3, 0.4) is 0 Å². The van der Waals surface area contributed by atoms with Crippen molar-refractivity contribution in [1.29, 1.82) is 0 Å². The van der Waals surface area contributed by atoms with E-state index in [0.29, 0.717) is 18.0 Å². The molecule has 2 fully saturated rings. The first kappa shape index (κ1) is 13.6. The molecule has 108 valence electrons. The van der Waals surface area contributed by atoms with Crippen LogP contribution in [0.25, 0.3) is 0 Å². The fourth-order valence-electron chi connectivity index (χ4n) is 2.97. The second kappa shape index (κ2) is 5.92. The zero-order valence-corrected chi connectivity index (χ0v) is 11.6. The van der Waals surface area contributed by atoms with Crippen LogP contribution >= 0.6 is 0 Å². The number of hydrogen-bond donors (Lipinski definition) is 1. The first-order chi connectivity index (χ1) is 9.70. The molecule has 1 saturated heterocycles. The highest BCUT2D eigenvalue weighted by Crippen LogP contribution is 2.31. The van der Waals surface area contributed by atoms with Crippen LogP contribution in [-0.4, -0.2) is 29.9 Å². The van der Waals surface area contributed by atoms with Crippen molar-refractivity contribution in [3.8, 4) is 0 Å². The van der Waals surface area contributed by atoms with E-state index >= 15 is 0 Å². The number of amides is 1. The summed E-state index contributed by atoms with van der Waals surface area (Å²) in [6.07, 6.45) is 5.53. The minimum absolute atomic E-state index is 0.0430. The Hall–Kier alpha value is -1.42. The Morgan fingerprint density at radius 1 is 1.15 bits per heavy atom. The molecule has 0 unspecified atom stereocenters. The molecule has 0 bridgehead atoms. The molecule has 1 aromatic rings. The van der Waals surface area contributed by atoms with Gasteiger partial charge in [0, 0.05) is 18.2 Å². The van der Waals surface area contributed by atoms with Crippen molar-refractivity contribution in [1.82, 2.24) is 4.90 Å². The second-order valence-electron chi connectivity index (χ2n) is 5.97. The van der Waals surface area contributed by atoms with Crippen LogP contribution in [0.5, 0.6) is 0 Å². The van der Waals surface area contributed by atoms with Gasteiger partial charge in [0.1, 0.15) is 5.82 Å². The average molecular weight is 276 g/mol. The molecule has 1 aliphatic carbocycles. The standard InChI is InChI=1S/C16H21FN2O/c17-13-1-3-14(4-2-13)18-16(20)11-12-7-9-19(10-8-12)15-5-6-15/h1-4,12,15H,5-11H2,(H,18,20). The highest BCUT2D eigenvalue weighted by Gasteiger charge is 2.32. The summed E-state index contributed by atoms with van der Waals surface area (Å²) in [5, 5.41) is 2.84. The number of likely N-dealkylation sites (tertiary alicyclic amines) is 1. The van der Waals surface area contributed by atoms with Gasteiger partial charge in [-0.05, 0) is 69.0 Å². The summed E-state index contributed by atoms with van der Waals surface area (Å²) in [5.41, 5.74) is 0.673. The number of carbonyl (C=O) groups is 1. The lowest BCUT2D eigenvalue weighted by Crippen LogP contribution is -2.36. The molecule has 2 aliphatic rings. The van der Waals surface area contributed by atoms with Crippen molar-refractivity contribution < 1.29 is 9.18 Å². The molecule has 20 heavy (non-hydrogen) atoms. The summed E-state index contributed by atoms with van der Waals surface area (Å²) in [5.74, 6) is 0.252. The van der Waals surface area contributed by atoms with Gasteiger partial charge in [-0.2, -0.15) is 0 Å². The topological polar surface area (TPSA) is 32.3 Å². The molecule has 4 heteroatoms. The normalized spacial score (nSPS) is 20.9. The van der Waals surface area contributed by atoms with E-state index in [4.69, 9.17) is 0 Å². The summed E-state index contributed by atoms with van der Waals surface area (Å²) in [7, 11) is 0. The Labute approximate surface area is 119 Å². The van der Waals surface area contributed by atoms with E-state index in [0.717, 1.165) is 32.0 Å². The van der Waals surface area contributed by atoms with E-state index in [1.807, 2.05) is 0 Å². The van der Waals surface area contributed by atoms with Crippen LogP contribution in [0.2, 0.25) is 0 Å². The van der Waals surface area contributed by atoms with E-state index in [-0.39, 0.29) is 11.7 Å². The van der Waals surface area contributed by atoms with E-state index in [1.165, 1.54) is 25.0 Å². The van der Waals surface area contributed by atoms with Crippen LogP contribution in [0.1, 0.15) is 32.1 Å². The molecule has 1 amide bonds. The maximum atomic E-state index is 12.8. The lowest BCUT2D eigenvalue weighted by Gasteiger charge is -2.31. The van der Waals surface area contributed by atoms with E-state index in [1.54, 1.807) is 12.1 Å². The smallest absolute Gasteiger partial charge is 0.224 e. The molecule has 1 aromatic carbocycles. The van der Waals surface area contributed by atoms with E-state index < -0.39 is 0 Å². The van der Waals surface area contributed by atoms with Gasteiger partial charge in [-0.25, -0.2) is 4.39 Å². The van der Waals surface area contributed by atoms with E-state index in [9.17, 15) is 9.18 Å². The van der Waals surface area contributed by atoms with Crippen molar-refractivity contribution >= 4 is 11.6 Å². The Kier molecular flexibility index (Phi) is 4.01. The molecule has 0 aromatic heterocycles. The maximum Gasteiger partial charge on any atom is 0.224 e. The van der Waals surface area contributed by atoms with Crippen molar-refractivity contribution in [2.75, 3.05) is 18.4 Å². The van der Waals surface area contributed by atoms with Gasteiger partial charge >= 0.3 is 0 Å². The summed E-state index contributed by atoms with van der Waals surface area (Å²) >= 11 is 0. The Bertz CT molecular complexity index is 462. The van der Waals surface area contributed by atoms with Gasteiger partial charge in [0.05, 0.1) is 0 Å². The summed E-state index contributed by atoms with van der Waals surface area (Å²) in [6.45, 7) is 2.28. The number of anilines is 1. The first-order valence-corrected chi connectivity index (χ1v) is 7.50. The number of carbonyl (C=O) groups excluding carboxylic acids is 1. The van der Waals surface area contributed by atoms with Crippen molar-refractivity contribution in [2.24, 2.45) is 5.92 Å². The Balaban J connectivity index is 1.43. The summed E-state index contributed by atoms with van der Waals surface area (Å²) in [6, 6.07) is 6.77. The predicted octanol–water partition coefficient (Wildman–Crippen LogP) is 3.03. The Morgan fingerprint density at radius 3 is 2.40 bits per heavy atom. The molecule has 1 saturated carbocycles. The molecule has 0 radical (unpaired) electrons. The summed E-state index contributed by atoms with van der Waals surface area (Å²) < 4.78 is 12.8. The molecule has 0 spiro atoms. The number of rotatable bonds is 4. The minimum atomic E-state index is -0.282. The third-order valence-electron chi connectivity index (χ3n) is 4.31. The lowest BCUT2D eigenvalue weighted by atomic mass is 9.93. The molecule has 1 N–H and O–H groups in total. The van der Waals surface area contributed by atoms with Gasteiger partial charge < -0.3 is 10.2 Å². The highest BCUT2D eigenvalue weighted by atomic mass is 19.1. The van der Waals surface area contributed by atoms with Gasteiger partial charge in [-0.1, -0.05) is 0 Å². The summed E-state index contributed by atoms with van der Waals surface area (Å²) in [4.78, 5) is 14.5. The SMILES string of the molecule is O=C(CC1CCN(C2CC2)CC1)Nc1ccc(F)cc1. The van der Waals surface area contributed by atoms with Gasteiger partial charge in [0.2, 0.25) is 5.91 Å². The molecule has 1 aliphatic heterocycles. The predicted molar refractivity (Wildman–Crippen MR) is 77.0 cm³/mol. The van der Waals surface area contributed by atoms with Crippen LogP contribution in [0, 0.1) is 11.7 Å². The van der Waals surface area contributed by atoms with Gasteiger partial charge in [0.25, 0.3) is 0 Å². The fourth-order valence-corrected chi connectivity index (χ4v) is 2.97. The van der Waals surface area contributed by atoms with Crippen molar-refractivity contribution in [3.63, 3.8) is 0 Å². The second-order valence-corrected chi connectivity index (χ2v) is 5.97. The maximum absolute atomic E-state index is 12.8. The lowest BCUT2D eigenvalue weighted by molar-refractivity contribution is -0.117.